The highest BCUT2D eigenvalue weighted by Crippen LogP contribution is 2.31. The molecule has 114 valence electrons. The molecule has 0 bridgehead atoms. The van der Waals surface area contributed by atoms with Crippen molar-refractivity contribution in [2.45, 2.75) is 6.54 Å². The molecule has 23 heavy (non-hydrogen) atoms. The highest BCUT2D eigenvalue weighted by molar-refractivity contribution is 7.21. The van der Waals surface area contributed by atoms with Crippen molar-refractivity contribution in [1.82, 2.24) is 20.3 Å². The van der Waals surface area contributed by atoms with Crippen LogP contribution in [-0.4, -0.2) is 21.0 Å². The van der Waals surface area contributed by atoms with Gasteiger partial charge in [-0.25, -0.2) is 4.79 Å². The zero-order valence-electron chi connectivity index (χ0n) is 12.0. The van der Waals surface area contributed by atoms with Gasteiger partial charge in [0.1, 0.15) is 5.52 Å². The summed E-state index contributed by atoms with van der Waals surface area (Å²) in [6, 6.07) is 15.4. The molecule has 0 saturated carbocycles. The molecular formula is C16H12N4OS2. The Kier molecular flexibility index (Phi) is 3.64. The molecule has 0 unspecified atom stereocenters. The number of thiophene rings is 2. The third kappa shape index (κ3) is 2.76. The Bertz CT molecular complexity index is 955. The minimum atomic E-state index is -0.273. The molecule has 0 radical (unpaired) electrons. The van der Waals surface area contributed by atoms with E-state index < -0.39 is 0 Å². The van der Waals surface area contributed by atoms with Gasteiger partial charge < -0.3 is 5.32 Å². The molecule has 0 aliphatic rings. The summed E-state index contributed by atoms with van der Waals surface area (Å²) in [5.41, 5.74) is 1.41. The van der Waals surface area contributed by atoms with Gasteiger partial charge in [-0.2, -0.15) is 4.68 Å². The van der Waals surface area contributed by atoms with E-state index in [1.54, 1.807) is 22.7 Å². The number of carbonyl (C=O) groups is 1. The second-order valence-electron chi connectivity index (χ2n) is 4.89. The lowest BCUT2D eigenvalue weighted by Crippen LogP contribution is -2.28. The highest BCUT2D eigenvalue weighted by Gasteiger charge is 2.11. The maximum Gasteiger partial charge on any atom is 0.344 e. The number of aromatic nitrogens is 3. The number of carbonyl (C=O) groups excluding carboxylic acids is 1. The summed E-state index contributed by atoms with van der Waals surface area (Å²) in [5, 5.41) is 12.9. The van der Waals surface area contributed by atoms with Crippen molar-refractivity contribution >= 4 is 39.7 Å². The third-order valence-corrected chi connectivity index (χ3v) is 5.53. The molecule has 3 heterocycles. The summed E-state index contributed by atoms with van der Waals surface area (Å²) < 4.78 is 1.29. The van der Waals surface area contributed by atoms with Crippen LogP contribution in [0.2, 0.25) is 0 Å². The van der Waals surface area contributed by atoms with E-state index in [0.29, 0.717) is 17.6 Å². The van der Waals surface area contributed by atoms with E-state index in [1.807, 2.05) is 36.4 Å². The van der Waals surface area contributed by atoms with E-state index in [0.717, 1.165) is 4.88 Å². The lowest BCUT2D eigenvalue weighted by molar-refractivity contribution is 0.239. The van der Waals surface area contributed by atoms with Crippen molar-refractivity contribution in [1.29, 1.82) is 0 Å². The van der Waals surface area contributed by atoms with Crippen LogP contribution in [-0.2, 0) is 6.54 Å². The van der Waals surface area contributed by atoms with Crippen molar-refractivity contribution in [2.24, 2.45) is 0 Å². The van der Waals surface area contributed by atoms with Crippen molar-refractivity contribution in [2.75, 3.05) is 0 Å². The average molecular weight is 340 g/mol. The summed E-state index contributed by atoms with van der Waals surface area (Å²) in [6.45, 7) is 0.475. The molecule has 1 amide bonds. The van der Waals surface area contributed by atoms with Crippen molar-refractivity contribution in [3.63, 3.8) is 0 Å². The summed E-state index contributed by atoms with van der Waals surface area (Å²) in [5.74, 6) is 0. The lowest BCUT2D eigenvalue weighted by atomic mass is 10.3. The van der Waals surface area contributed by atoms with Crippen LogP contribution in [0.3, 0.4) is 0 Å². The van der Waals surface area contributed by atoms with Gasteiger partial charge in [0.2, 0.25) is 0 Å². The van der Waals surface area contributed by atoms with E-state index in [-0.39, 0.29) is 6.03 Å². The maximum atomic E-state index is 12.3. The Morgan fingerprint density at radius 1 is 1.09 bits per heavy atom. The fourth-order valence-electron chi connectivity index (χ4n) is 2.28. The molecule has 0 spiro atoms. The number of para-hydroxylation sites is 1. The first kappa shape index (κ1) is 14.1. The monoisotopic (exact) mass is 340 g/mol. The van der Waals surface area contributed by atoms with Gasteiger partial charge >= 0.3 is 6.03 Å². The fourth-order valence-corrected chi connectivity index (χ4v) is 4.06. The second-order valence-corrected chi connectivity index (χ2v) is 7.01. The van der Waals surface area contributed by atoms with Crippen LogP contribution in [0, 0.1) is 0 Å². The molecule has 4 rings (SSSR count). The predicted molar refractivity (Wildman–Crippen MR) is 92.8 cm³/mol. The third-order valence-electron chi connectivity index (χ3n) is 3.38. The van der Waals surface area contributed by atoms with Crippen LogP contribution in [0.25, 0.3) is 20.8 Å². The zero-order chi connectivity index (χ0) is 15.6. The number of rotatable bonds is 3. The number of hydrogen-bond donors (Lipinski definition) is 1. The largest absolute Gasteiger partial charge is 0.344 e. The first-order valence-corrected chi connectivity index (χ1v) is 8.72. The van der Waals surface area contributed by atoms with E-state index in [1.165, 1.54) is 14.4 Å². The van der Waals surface area contributed by atoms with Crippen LogP contribution >= 0.6 is 22.7 Å². The molecule has 1 N–H and O–H groups in total. The zero-order valence-corrected chi connectivity index (χ0v) is 13.6. The molecule has 0 aliphatic heterocycles. The van der Waals surface area contributed by atoms with Crippen molar-refractivity contribution in [3.05, 3.63) is 58.8 Å². The van der Waals surface area contributed by atoms with Gasteiger partial charge in [-0.05, 0) is 35.7 Å². The Hall–Kier alpha value is -2.51. The van der Waals surface area contributed by atoms with Crippen LogP contribution < -0.4 is 5.32 Å². The molecule has 7 heteroatoms. The Morgan fingerprint density at radius 3 is 2.87 bits per heavy atom. The van der Waals surface area contributed by atoms with E-state index in [2.05, 4.69) is 33.1 Å². The topological polar surface area (TPSA) is 59.8 Å². The molecule has 0 atom stereocenters. The number of nitrogens with one attached hydrogen (secondary N) is 1. The first-order chi connectivity index (χ1) is 11.3. The van der Waals surface area contributed by atoms with E-state index >= 15 is 0 Å². The standard InChI is InChI=1S/C16H12N4OS2/c21-16(20-13-5-2-1-4-12(13)18-19-20)17-10-11-7-8-15(23-11)14-6-3-9-22-14/h1-9H,10H2,(H,17,21). The van der Waals surface area contributed by atoms with Gasteiger partial charge in [-0.15, -0.1) is 27.8 Å². The van der Waals surface area contributed by atoms with Gasteiger partial charge in [-0.1, -0.05) is 23.4 Å². The SMILES string of the molecule is O=C(NCc1ccc(-c2cccs2)s1)n1nnc2ccccc21. The number of amides is 1. The molecule has 0 saturated heterocycles. The average Bonchev–Trinajstić information content (AvgIpc) is 3.31. The minimum Gasteiger partial charge on any atom is -0.331 e. The fraction of sp³-hybridized carbons (Fsp3) is 0.0625. The Labute approximate surface area is 140 Å². The van der Waals surface area contributed by atoms with Gasteiger partial charge in [0.15, 0.2) is 0 Å². The Balaban J connectivity index is 1.48. The predicted octanol–water partition coefficient (Wildman–Crippen LogP) is 3.98. The molecule has 0 aliphatic carbocycles. The number of nitrogens with zero attached hydrogens (tertiary/aromatic N) is 3. The molecule has 4 aromatic rings. The molecule has 5 nitrogen and oxygen atoms in total. The minimum absolute atomic E-state index is 0.273. The summed E-state index contributed by atoms with van der Waals surface area (Å²) in [6.07, 6.45) is 0. The quantitative estimate of drug-likeness (QED) is 0.614. The normalized spacial score (nSPS) is 11.0. The van der Waals surface area contributed by atoms with Gasteiger partial charge in [0, 0.05) is 14.6 Å². The van der Waals surface area contributed by atoms with E-state index in [9.17, 15) is 4.79 Å². The number of benzene rings is 1. The van der Waals surface area contributed by atoms with Gasteiger partial charge in [0.05, 0.1) is 12.1 Å². The molecule has 1 aromatic carbocycles. The summed E-state index contributed by atoms with van der Waals surface area (Å²) in [7, 11) is 0. The van der Waals surface area contributed by atoms with Gasteiger partial charge in [-0.3, -0.25) is 0 Å². The second kappa shape index (κ2) is 5.94. The summed E-state index contributed by atoms with van der Waals surface area (Å²) >= 11 is 3.40. The van der Waals surface area contributed by atoms with Crippen molar-refractivity contribution < 1.29 is 4.79 Å². The molecule has 3 aromatic heterocycles. The summed E-state index contributed by atoms with van der Waals surface area (Å²) in [4.78, 5) is 15.9. The number of fused-ring (bicyclic) bond motifs is 1. The van der Waals surface area contributed by atoms with Crippen LogP contribution in [0.15, 0.2) is 53.9 Å². The maximum absolute atomic E-state index is 12.3. The molecular weight excluding hydrogens is 328 g/mol. The Morgan fingerprint density at radius 2 is 2.00 bits per heavy atom. The van der Waals surface area contributed by atoms with Crippen molar-refractivity contribution in [3.8, 4) is 9.75 Å². The first-order valence-electron chi connectivity index (χ1n) is 7.02. The van der Waals surface area contributed by atoms with Crippen LogP contribution in [0.4, 0.5) is 4.79 Å². The highest BCUT2D eigenvalue weighted by atomic mass is 32.1. The smallest absolute Gasteiger partial charge is 0.331 e. The van der Waals surface area contributed by atoms with E-state index in [4.69, 9.17) is 0 Å². The molecule has 0 fully saturated rings. The van der Waals surface area contributed by atoms with Gasteiger partial charge in [0.25, 0.3) is 0 Å². The van der Waals surface area contributed by atoms with Crippen LogP contribution in [0.5, 0.6) is 0 Å². The number of hydrogen-bond acceptors (Lipinski definition) is 5. The van der Waals surface area contributed by atoms with Crippen LogP contribution in [0.1, 0.15) is 4.88 Å². The lowest BCUT2D eigenvalue weighted by Gasteiger charge is -2.03.